The number of hydrogen-bond acceptors (Lipinski definition) is 3. The van der Waals surface area contributed by atoms with Gasteiger partial charge in [-0.15, -0.1) is 0 Å². The molecule has 4 nitrogen and oxygen atoms in total. The quantitative estimate of drug-likeness (QED) is 0.387. The second-order valence-electron chi connectivity index (χ2n) is 3.59. The van der Waals surface area contributed by atoms with E-state index in [9.17, 15) is 9.59 Å². The Bertz CT molecular complexity index is 194. The van der Waals surface area contributed by atoms with Crippen molar-refractivity contribution in [3.05, 3.63) is 0 Å². The normalized spacial score (nSPS) is 9.31. The van der Waals surface area contributed by atoms with E-state index in [1.807, 2.05) is 0 Å². The molecule has 0 fully saturated rings. The summed E-state index contributed by atoms with van der Waals surface area (Å²) in [5.74, 6) is -0.874. The van der Waals surface area contributed by atoms with Crippen molar-refractivity contribution in [1.29, 1.82) is 0 Å². The van der Waals surface area contributed by atoms with Crippen molar-refractivity contribution in [2.24, 2.45) is 0 Å². The third-order valence-electron chi connectivity index (χ3n) is 2.25. The molecule has 0 aromatic carbocycles. The number of carboxylic acid groups (broad SMARTS) is 1. The summed E-state index contributed by atoms with van der Waals surface area (Å²) in [6.45, 7) is 0. The van der Waals surface area contributed by atoms with Crippen LogP contribution in [0.5, 0.6) is 0 Å². The third kappa shape index (κ3) is 14.6. The van der Waals surface area contributed by atoms with Gasteiger partial charge in [0.2, 0.25) is 0 Å². The molecule has 0 unspecified atom stereocenters. The van der Waals surface area contributed by atoms with Crippen LogP contribution in [0.3, 0.4) is 0 Å². The van der Waals surface area contributed by atoms with Gasteiger partial charge in [-0.05, 0) is 12.8 Å². The molecule has 1 N–H and O–H groups in total. The van der Waals surface area contributed by atoms with E-state index in [1.165, 1.54) is 7.11 Å². The monoisotopic (exact) mass is 256 g/mol. The molecular weight excluding hydrogens is 235 g/mol. The molecule has 0 aliphatic carbocycles. The Morgan fingerprint density at radius 3 is 1.81 bits per heavy atom. The minimum absolute atomic E-state index is 0. The van der Waals surface area contributed by atoms with E-state index in [0.717, 1.165) is 38.5 Å². The first-order chi connectivity index (χ1) is 7.16. The van der Waals surface area contributed by atoms with Crippen LogP contribution in [0.25, 0.3) is 0 Å². The fraction of sp³-hybridized carbons (Fsp3) is 0.818. The van der Waals surface area contributed by atoms with Gasteiger partial charge in [0.05, 0.1) is 7.11 Å². The van der Waals surface area contributed by atoms with Crippen LogP contribution in [0.4, 0.5) is 0 Å². The van der Waals surface area contributed by atoms with E-state index in [0.29, 0.717) is 6.42 Å². The van der Waals surface area contributed by atoms with Crippen LogP contribution in [-0.2, 0) is 14.3 Å². The molecule has 0 bridgehead atoms. The Balaban J connectivity index is 0. The van der Waals surface area contributed by atoms with Crippen molar-refractivity contribution in [3.8, 4) is 0 Å². The summed E-state index contributed by atoms with van der Waals surface area (Å²) in [5, 5.41) is 8.39. The van der Waals surface area contributed by atoms with E-state index in [1.54, 1.807) is 0 Å². The van der Waals surface area contributed by atoms with Crippen molar-refractivity contribution in [2.45, 2.75) is 51.4 Å². The third-order valence-corrected chi connectivity index (χ3v) is 2.25. The zero-order chi connectivity index (χ0) is 11.5. The van der Waals surface area contributed by atoms with Gasteiger partial charge in [0, 0.05) is 12.8 Å². The number of hydrogen-bond donors (Lipinski definition) is 1. The number of carbonyl (C=O) groups is 2. The first-order valence-corrected chi connectivity index (χ1v) is 5.45. The molecule has 0 atom stereocenters. The van der Waals surface area contributed by atoms with Crippen molar-refractivity contribution in [3.63, 3.8) is 0 Å². The number of methoxy groups -OCH3 is 1. The Kier molecular flexibility index (Phi) is 16.1. The van der Waals surface area contributed by atoms with Crippen LogP contribution in [0, 0.1) is 0 Å². The van der Waals surface area contributed by atoms with E-state index in [-0.39, 0.29) is 63.8 Å². The fourth-order valence-electron chi connectivity index (χ4n) is 1.35. The van der Waals surface area contributed by atoms with Gasteiger partial charge >= 0.3 is 63.3 Å². The SMILES string of the molecule is COC(=O)CCCCCCCCC(=O)O.[KH]. The number of unbranched alkanes of at least 4 members (excludes halogenated alkanes) is 5. The summed E-state index contributed by atoms with van der Waals surface area (Å²) in [6.07, 6.45) is 6.48. The molecule has 0 amide bonds. The summed E-state index contributed by atoms with van der Waals surface area (Å²) in [5.41, 5.74) is 0. The molecule has 0 aliphatic heterocycles. The number of aliphatic carboxylic acids is 1. The summed E-state index contributed by atoms with van der Waals surface area (Å²) in [6, 6.07) is 0. The van der Waals surface area contributed by atoms with Gasteiger partial charge in [-0.2, -0.15) is 0 Å². The molecule has 0 spiro atoms. The standard InChI is InChI=1S/C11H20O4.K.H/c1-15-11(14)9-7-5-3-2-4-6-8-10(12)13;;/h2-9H2,1H3,(H,12,13);;. The van der Waals surface area contributed by atoms with Crippen LogP contribution >= 0.6 is 0 Å². The van der Waals surface area contributed by atoms with E-state index >= 15 is 0 Å². The van der Waals surface area contributed by atoms with Crippen molar-refractivity contribution >= 4 is 63.3 Å². The molecular formula is C11H21KO4. The molecule has 0 saturated heterocycles. The van der Waals surface area contributed by atoms with E-state index < -0.39 is 5.97 Å². The van der Waals surface area contributed by atoms with Crippen LogP contribution in [0.1, 0.15) is 51.4 Å². The summed E-state index contributed by atoms with van der Waals surface area (Å²) < 4.78 is 4.52. The molecule has 0 aliphatic rings. The second kappa shape index (κ2) is 13.6. The molecule has 5 heteroatoms. The first-order valence-electron chi connectivity index (χ1n) is 5.45. The predicted molar refractivity (Wildman–Crippen MR) is 63.7 cm³/mol. The maximum absolute atomic E-state index is 10.7. The number of carbonyl (C=O) groups excluding carboxylic acids is 1. The maximum atomic E-state index is 10.7. The Morgan fingerprint density at radius 1 is 0.938 bits per heavy atom. The van der Waals surface area contributed by atoms with Crippen LogP contribution in [0.15, 0.2) is 0 Å². The van der Waals surface area contributed by atoms with Crippen LogP contribution in [-0.4, -0.2) is 75.5 Å². The molecule has 16 heavy (non-hydrogen) atoms. The molecule has 0 radical (unpaired) electrons. The van der Waals surface area contributed by atoms with Gasteiger partial charge in [-0.1, -0.05) is 25.7 Å². The number of rotatable bonds is 9. The average molecular weight is 256 g/mol. The van der Waals surface area contributed by atoms with Crippen molar-refractivity contribution < 1.29 is 19.4 Å². The molecule has 90 valence electrons. The second-order valence-corrected chi connectivity index (χ2v) is 3.59. The summed E-state index contributed by atoms with van der Waals surface area (Å²) >= 11 is 0. The van der Waals surface area contributed by atoms with Gasteiger partial charge < -0.3 is 9.84 Å². The number of carboxylic acids is 1. The summed E-state index contributed by atoms with van der Waals surface area (Å²) in [7, 11) is 1.40. The Hall–Kier alpha value is 0.576. The molecule has 0 heterocycles. The fourth-order valence-corrected chi connectivity index (χ4v) is 1.35. The Morgan fingerprint density at radius 2 is 1.38 bits per heavy atom. The zero-order valence-corrected chi connectivity index (χ0v) is 9.33. The zero-order valence-electron chi connectivity index (χ0n) is 9.33. The molecule has 0 rings (SSSR count). The van der Waals surface area contributed by atoms with E-state index in [4.69, 9.17) is 5.11 Å². The van der Waals surface area contributed by atoms with Gasteiger partial charge in [-0.25, -0.2) is 0 Å². The molecule has 0 aromatic rings. The van der Waals surface area contributed by atoms with E-state index in [2.05, 4.69) is 4.74 Å². The van der Waals surface area contributed by atoms with Gasteiger partial charge in [0.1, 0.15) is 0 Å². The number of ether oxygens (including phenoxy) is 1. The minimum atomic E-state index is -0.722. The Labute approximate surface area is 140 Å². The van der Waals surface area contributed by atoms with Gasteiger partial charge in [-0.3, -0.25) is 9.59 Å². The molecule has 0 aromatic heterocycles. The first kappa shape index (κ1) is 18.9. The van der Waals surface area contributed by atoms with Crippen LogP contribution < -0.4 is 0 Å². The van der Waals surface area contributed by atoms with Crippen molar-refractivity contribution in [1.82, 2.24) is 0 Å². The van der Waals surface area contributed by atoms with Crippen LogP contribution in [0.2, 0.25) is 0 Å². The topological polar surface area (TPSA) is 63.6 Å². The predicted octanol–water partition coefficient (Wildman–Crippen LogP) is 1.72. The number of esters is 1. The summed E-state index contributed by atoms with van der Waals surface area (Å²) in [4.78, 5) is 20.9. The average Bonchev–Trinajstić information content (AvgIpc) is 2.21. The van der Waals surface area contributed by atoms with Crippen molar-refractivity contribution in [2.75, 3.05) is 7.11 Å². The van der Waals surface area contributed by atoms with Gasteiger partial charge in [0.25, 0.3) is 0 Å². The van der Waals surface area contributed by atoms with Gasteiger partial charge in [0.15, 0.2) is 0 Å². The molecule has 0 saturated carbocycles.